The van der Waals surface area contributed by atoms with Crippen molar-refractivity contribution in [2.45, 2.75) is 70.1 Å². The highest BCUT2D eigenvalue weighted by atomic mass is 32.2. The first-order chi connectivity index (χ1) is 7.91. The van der Waals surface area contributed by atoms with E-state index in [1.807, 2.05) is 13.8 Å². The van der Waals surface area contributed by atoms with Gasteiger partial charge in [-0.1, -0.05) is 39.0 Å². The van der Waals surface area contributed by atoms with Crippen LogP contribution in [0.1, 0.15) is 59.3 Å². The number of thioether (sulfide) groups is 1. The summed E-state index contributed by atoms with van der Waals surface area (Å²) in [5.74, 6) is 0.0885. The van der Waals surface area contributed by atoms with Crippen molar-refractivity contribution >= 4 is 17.7 Å². The number of carboxylic acids is 1. The molecule has 0 aromatic heterocycles. The molecule has 0 radical (unpaired) electrons. The van der Waals surface area contributed by atoms with Gasteiger partial charge in [0.05, 0.1) is 0 Å². The van der Waals surface area contributed by atoms with Crippen LogP contribution in [0.3, 0.4) is 0 Å². The maximum atomic E-state index is 10.8. The van der Waals surface area contributed by atoms with E-state index in [0.29, 0.717) is 0 Å². The number of hydrogen-bond donors (Lipinski definition) is 2. The Balaban J connectivity index is 3.62. The normalized spacial score (nSPS) is 13.6. The molecule has 0 aliphatic carbocycles. The third-order valence-corrected chi connectivity index (χ3v) is 4.48. The SMILES string of the molecule is CCCCCCCCSC(C)(C)[C@H](N)C(=O)O. The molecule has 0 rings (SSSR count). The lowest BCUT2D eigenvalue weighted by Crippen LogP contribution is -2.46. The number of unbranched alkanes of at least 4 members (excludes halogenated alkanes) is 5. The minimum atomic E-state index is -0.912. The van der Waals surface area contributed by atoms with E-state index >= 15 is 0 Å². The molecule has 4 heteroatoms. The summed E-state index contributed by atoms with van der Waals surface area (Å²) in [4.78, 5) is 10.8. The Morgan fingerprint density at radius 1 is 1.24 bits per heavy atom. The van der Waals surface area contributed by atoms with Crippen molar-refractivity contribution in [3.05, 3.63) is 0 Å². The monoisotopic (exact) mass is 261 g/mol. The number of aliphatic carboxylic acids is 1. The first-order valence-corrected chi connectivity index (χ1v) is 7.52. The molecule has 0 spiro atoms. The maximum absolute atomic E-state index is 10.8. The van der Waals surface area contributed by atoms with E-state index < -0.39 is 12.0 Å². The molecule has 0 bridgehead atoms. The predicted octanol–water partition coefficient (Wildman–Crippen LogP) is 3.27. The highest BCUT2D eigenvalue weighted by molar-refractivity contribution is 8.00. The van der Waals surface area contributed by atoms with E-state index in [0.717, 1.165) is 12.2 Å². The van der Waals surface area contributed by atoms with Crippen molar-refractivity contribution in [1.29, 1.82) is 0 Å². The van der Waals surface area contributed by atoms with Gasteiger partial charge in [0.1, 0.15) is 6.04 Å². The summed E-state index contributed by atoms with van der Waals surface area (Å²) in [5.41, 5.74) is 5.65. The van der Waals surface area contributed by atoms with Crippen molar-refractivity contribution in [3.8, 4) is 0 Å². The number of rotatable bonds is 10. The van der Waals surface area contributed by atoms with E-state index in [-0.39, 0.29) is 4.75 Å². The molecule has 0 saturated carbocycles. The average molecular weight is 261 g/mol. The largest absolute Gasteiger partial charge is 0.480 e. The zero-order chi connectivity index (χ0) is 13.3. The number of carboxylic acid groups (broad SMARTS) is 1. The van der Waals surface area contributed by atoms with Crippen LogP contribution in [0, 0.1) is 0 Å². The van der Waals surface area contributed by atoms with Crippen LogP contribution < -0.4 is 5.73 Å². The number of carbonyl (C=O) groups is 1. The first kappa shape index (κ1) is 16.8. The predicted molar refractivity (Wildman–Crippen MR) is 75.5 cm³/mol. The summed E-state index contributed by atoms with van der Waals surface area (Å²) in [6.07, 6.45) is 7.60. The van der Waals surface area contributed by atoms with Gasteiger partial charge in [-0.2, -0.15) is 11.8 Å². The lowest BCUT2D eigenvalue weighted by atomic mass is 10.1. The molecule has 17 heavy (non-hydrogen) atoms. The minimum Gasteiger partial charge on any atom is -0.480 e. The molecule has 0 aliphatic heterocycles. The molecule has 0 fully saturated rings. The van der Waals surface area contributed by atoms with Crippen molar-refractivity contribution in [1.82, 2.24) is 0 Å². The van der Waals surface area contributed by atoms with E-state index in [4.69, 9.17) is 10.8 Å². The summed E-state index contributed by atoms with van der Waals surface area (Å²) in [7, 11) is 0. The zero-order valence-electron chi connectivity index (χ0n) is 11.4. The Morgan fingerprint density at radius 3 is 2.29 bits per heavy atom. The highest BCUT2D eigenvalue weighted by Gasteiger charge is 2.32. The molecule has 0 aliphatic rings. The second-order valence-electron chi connectivity index (χ2n) is 5.04. The molecule has 0 aromatic rings. The van der Waals surface area contributed by atoms with Gasteiger partial charge in [-0.15, -0.1) is 0 Å². The molecule has 0 unspecified atom stereocenters. The van der Waals surface area contributed by atoms with Crippen molar-refractivity contribution in [2.75, 3.05) is 5.75 Å². The van der Waals surface area contributed by atoms with Gasteiger partial charge in [0.2, 0.25) is 0 Å². The second-order valence-corrected chi connectivity index (χ2v) is 6.78. The fraction of sp³-hybridized carbons (Fsp3) is 0.923. The molecule has 3 nitrogen and oxygen atoms in total. The quantitative estimate of drug-likeness (QED) is 0.592. The number of nitrogens with two attached hydrogens (primary N) is 1. The Morgan fingerprint density at radius 2 is 1.76 bits per heavy atom. The Bertz CT molecular complexity index is 219. The van der Waals surface area contributed by atoms with Gasteiger partial charge in [-0.05, 0) is 26.0 Å². The first-order valence-electron chi connectivity index (χ1n) is 6.54. The topological polar surface area (TPSA) is 63.3 Å². The second kappa shape index (κ2) is 8.81. The van der Waals surface area contributed by atoms with Crippen LogP contribution in [0.4, 0.5) is 0 Å². The Labute approximate surface area is 110 Å². The van der Waals surface area contributed by atoms with Crippen LogP contribution in [-0.4, -0.2) is 27.6 Å². The summed E-state index contributed by atoms with van der Waals surface area (Å²) < 4.78 is -0.380. The van der Waals surface area contributed by atoms with Gasteiger partial charge in [0.25, 0.3) is 0 Å². The van der Waals surface area contributed by atoms with Gasteiger partial charge in [0.15, 0.2) is 0 Å². The minimum absolute atomic E-state index is 0.380. The van der Waals surface area contributed by atoms with Crippen LogP contribution in [0.2, 0.25) is 0 Å². The van der Waals surface area contributed by atoms with Gasteiger partial charge in [0, 0.05) is 4.75 Å². The van der Waals surface area contributed by atoms with E-state index in [2.05, 4.69) is 6.92 Å². The third kappa shape index (κ3) is 7.66. The molecule has 0 amide bonds. The van der Waals surface area contributed by atoms with Crippen LogP contribution in [0.5, 0.6) is 0 Å². The standard InChI is InChI=1S/C13H27NO2S/c1-4-5-6-7-8-9-10-17-13(2,3)11(14)12(15)16/h11H,4-10,14H2,1-3H3,(H,15,16)/t11-/m1/s1. The van der Waals surface area contributed by atoms with Crippen LogP contribution in [0.15, 0.2) is 0 Å². The van der Waals surface area contributed by atoms with Crippen LogP contribution in [0.25, 0.3) is 0 Å². The van der Waals surface area contributed by atoms with Crippen LogP contribution in [-0.2, 0) is 4.79 Å². The fourth-order valence-electron chi connectivity index (χ4n) is 1.60. The number of hydrogen-bond acceptors (Lipinski definition) is 3. The van der Waals surface area contributed by atoms with Gasteiger partial charge in [-0.25, -0.2) is 0 Å². The molecule has 0 saturated heterocycles. The lowest BCUT2D eigenvalue weighted by molar-refractivity contribution is -0.139. The zero-order valence-corrected chi connectivity index (χ0v) is 12.2. The van der Waals surface area contributed by atoms with Gasteiger partial charge < -0.3 is 10.8 Å². The summed E-state index contributed by atoms with van der Waals surface area (Å²) in [5, 5.41) is 8.88. The summed E-state index contributed by atoms with van der Waals surface area (Å²) >= 11 is 1.67. The fourth-order valence-corrected chi connectivity index (χ4v) is 2.76. The molecule has 1 atom stereocenters. The van der Waals surface area contributed by atoms with Crippen molar-refractivity contribution < 1.29 is 9.90 Å². The van der Waals surface area contributed by atoms with Gasteiger partial charge in [-0.3, -0.25) is 4.79 Å². The summed E-state index contributed by atoms with van der Waals surface area (Å²) in [6, 6.07) is -0.785. The van der Waals surface area contributed by atoms with E-state index in [9.17, 15) is 4.79 Å². The molecule has 3 N–H and O–H groups in total. The van der Waals surface area contributed by atoms with E-state index in [1.165, 1.54) is 32.1 Å². The lowest BCUT2D eigenvalue weighted by Gasteiger charge is -2.27. The molecule has 102 valence electrons. The van der Waals surface area contributed by atoms with Gasteiger partial charge >= 0.3 is 5.97 Å². The summed E-state index contributed by atoms with van der Waals surface area (Å²) in [6.45, 7) is 6.03. The third-order valence-electron chi connectivity index (χ3n) is 2.99. The maximum Gasteiger partial charge on any atom is 0.321 e. The molecule has 0 heterocycles. The van der Waals surface area contributed by atoms with Crippen LogP contribution >= 0.6 is 11.8 Å². The van der Waals surface area contributed by atoms with E-state index in [1.54, 1.807) is 11.8 Å². The van der Waals surface area contributed by atoms with Crippen molar-refractivity contribution in [2.24, 2.45) is 5.73 Å². The molecular weight excluding hydrogens is 234 g/mol. The smallest absolute Gasteiger partial charge is 0.321 e. The molecule has 0 aromatic carbocycles. The Hall–Kier alpha value is -0.220. The Kier molecular flexibility index (Phi) is 8.70. The molecular formula is C13H27NO2S. The average Bonchev–Trinajstić information content (AvgIpc) is 2.26. The van der Waals surface area contributed by atoms with Crippen molar-refractivity contribution in [3.63, 3.8) is 0 Å². The highest BCUT2D eigenvalue weighted by Crippen LogP contribution is 2.28.